The van der Waals surface area contributed by atoms with Gasteiger partial charge in [0, 0.05) is 19.6 Å². The van der Waals surface area contributed by atoms with Gasteiger partial charge < -0.3 is 14.2 Å². The minimum absolute atomic E-state index is 0.0265. The molecule has 0 atom stereocenters. The van der Waals surface area contributed by atoms with Gasteiger partial charge in [-0.3, -0.25) is 24.2 Å². The summed E-state index contributed by atoms with van der Waals surface area (Å²) in [5, 5.41) is 0. The van der Waals surface area contributed by atoms with Gasteiger partial charge in [0.25, 0.3) is 0 Å². The van der Waals surface area contributed by atoms with E-state index in [1.807, 2.05) is 56.0 Å². The normalized spacial score (nSPS) is 12.5. The Kier molecular flexibility index (Phi) is 12.1. The molecular weight excluding hydrogens is 460 g/mol. The molecule has 0 aromatic heterocycles. The Morgan fingerprint density at radius 2 is 0.972 bits per heavy atom. The van der Waals surface area contributed by atoms with E-state index >= 15 is 0 Å². The number of benzene rings is 1. The lowest BCUT2D eigenvalue weighted by molar-refractivity contribution is -0.160. The van der Waals surface area contributed by atoms with Crippen molar-refractivity contribution in [3.05, 3.63) is 35.9 Å². The van der Waals surface area contributed by atoms with Crippen LogP contribution in [0.1, 0.15) is 74.3 Å². The highest BCUT2D eigenvalue weighted by Gasteiger charge is 2.24. The van der Waals surface area contributed by atoms with Crippen molar-refractivity contribution in [2.75, 3.05) is 32.7 Å². The Morgan fingerprint density at radius 3 is 1.36 bits per heavy atom. The van der Waals surface area contributed by atoms with Crippen molar-refractivity contribution < 1.29 is 28.6 Å². The minimum atomic E-state index is -0.616. The molecule has 1 rings (SSSR count). The maximum absolute atomic E-state index is 12.5. The Morgan fingerprint density at radius 1 is 0.611 bits per heavy atom. The van der Waals surface area contributed by atoms with E-state index < -0.39 is 28.7 Å². The van der Waals surface area contributed by atoms with Gasteiger partial charge in [0.15, 0.2) is 0 Å². The van der Waals surface area contributed by atoms with Crippen molar-refractivity contribution in [3.63, 3.8) is 0 Å². The molecule has 1 aromatic carbocycles. The molecule has 0 saturated carbocycles. The lowest BCUT2D eigenvalue weighted by atomic mass is 10.2. The molecular formula is C28H46N2O6. The molecule has 0 radical (unpaired) electrons. The van der Waals surface area contributed by atoms with E-state index in [4.69, 9.17) is 14.2 Å². The average Bonchev–Trinajstić information content (AvgIpc) is 2.63. The number of carbonyl (C=O) groups is 3. The summed E-state index contributed by atoms with van der Waals surface area (Å²) in [5.74, 6) is -1.10. The zero-order valence-corrected chi connectivity index (χ0v) is 23.7. The Hall–Kier alpha value is -2.45. The van der Waals surface area contributed by atoms with Crippen LogP contribution in [0.25, 0.3) is 0 Å². The zero-order chi connectivity index (χ0) is 27.6. The van der Waals surface area contributed by atoms with Crippen LogP contribution < -0.4 is 0 Å². The quantitative estimate of drug-likeness (QED) is 0.308. The van der Waals surface area contributed by atoms with Crippen molar-refractivity contribution >= 4 is 17.9 Å². The van der Waals surface area contributed by atoms with Gasteiger partial charge in [0.2, 0.25) is 0 Å². The van der Waals surface area contributed by atoms with Crippen LogP contribution in [0.3, 0.4) is 0 Å². The summed E-state index contributed by atoms with van der Waals surface area (Å²) in [6.45, 7) is 18.1. The SMILES string of the molecule is CC(C)(C)OC(=O)CN(CCCN(CC(=O)OC(C)(C)C)Cc1ccccc1)CC(=O)OC(C)(C)C. The molecule has 0 N–H and O–H groups in total. The Balaban J connectivity index is 2.86. The Bertz CT molecular complexity index is 804. The van der Waals surface area contributed by atoms with Crippen molar-refractivity contribution in [1.82, 2.24) is 9.80 Å². The first-order valence-corrected chi connectivity index (χ1v) is 12.6. The van der Waals surface area contributed by atoms with E-state index in [9.17, 15) is 14.4 Å². The molecule has 204 valence electrons. The van der Waals surface area contributed by atoms with Crippen LogP contribution in [0.15, 0.2) is 30.3 Å². The van der Waals surface area contributed by atoms with Gasteiger partial charge in [0.05, 0.1) is 19.6 Å². The molecule has 8 nitrogen and oxygen atoms in total. The summed E-state index contributed by atoms with van der Waals surface area (Å²) >= 11 is 0. The Labute approximate surface area is 217 Å². The van der Waals surface area contributed by atoms with Crippen molar-refractivity contribution in [2.24, 2.45) is 0 Å². The lowest BCUT2D eigenvalue weighted by Gasteiger charge is -2.28. The highest BCUT2D eigenvalue weighted by atomic mass is 16.6. The molecule has 0 aliphatic rings. The maximum Gasteiger partial charge on any atom is 0.320 e. The second kappa shape index (κ2) is 13.7. The van der Waals surface area contributed by atoms with Crippen LogP contribution in [0.4, 0.5) is 0 Å². The molecule has 0 aliphatic carbocycles. The molecule has 0 unspecified atom stereocenters. The summed E-state index contributed by atoms with van der Waals surface area (Å²) in [6.07, 6.45) is 0.626. The minimum Gasteiger partial charge on any atom is -0.459 e. The summed E-state index contributed by atoms with van der Waals surface area (Å²) in [4.78, 5) is 41.2. The van der Waals surface area contributed by atoms with Crippen molar-refractivity contribution in [2.45, 2.75) is 92.1 Å². The van der Waals surface area contributed by atoms with E-state index in [1.165, 1.54) is 0 Å². The first kappa shape index (κ1) is 31.6. The van der Waals surface area contributed by atoms with Gasteiger partial charge in [-0.1, -0.05) is 30.3 Å². The van der Waals surface area contributed by atoms with E-state index in [2.05, 4.69) is 0 Å². The summed E-state index contributed by atoms with van der Waals surface area (Å²) in [5.41, 5.74) is -0.712. The number of hydrogen-bond acceptors (Lipinski definition) is 8. The van der Waals surface area contributed by atoms with Crippen LogP contribution in [-0.4, -0.2) is 77.2 Å². The average molecular weight is 507 g/mol. The fraction of sp³-hybridized carbons (Fsp3) is 0.679. The highest BCUT2D eigenvalue weighted by Crippen LogP contribution is 2.12. The largest absolute Gasteiger partial charge is 0.459 e. The number of ether oxygens (including phenoxy) is 3. The molecule has 0 spiro atoms. The van der Waals surface area contributed by atoms with Gasteiger partial charge in [-0.15, -0.1) is 0 Å². The first-order valence-electron chi connectivity index (χ1n) is 12.6. The monoisotopic (exact) mass is 506 g/mol. The van der Waals surface area contributed by atoms with Gasteiger partial charge in [-0.05, 0) is 74.3 Å². The van der Waals surface area contributed by atoms with Crippen LogP contribution >= 0.6 is 0 Å². The molecule has 0 heterocycles. The highest BCUT2D eigenvalue weighted by molar-refractivity contribution is 5.75. The van der Waals surface area contributed by atoms with Gasteiger partial charge in [0.1, 0.15) is 16.8 Å². The first-order chi connectivity index (χ1) is 16.4. The number of nitrogens with zero attached hydrogens (tertiary/aromatic N) is 2. The van der Waals surface area contributed by atoms with E-state index in [0.29, 0.717) is 26.1 Å². The van der Waals surface area contributed by atoms with Gasteiger partial charge in [-0.25, -0.2) is 0 Å². The molecule has 0 aliphatic heterocycles. The molecule has 0 fully saturated rings. The van der Waals surface area contributed by atoms with E-state index in [1.54, 1.807) is 46.4 Å². The third-order valence-electron chi connectivity index (χ3n) is 4.52. The molecule has 36 heavy (non-hydrogen) atoms. The summed E-state index contributed by atoms with van der Waals surface area (Å²) in [7, 11) is 0. The third-order valence-corrected chi connectivity index (χ3v) is 4.52. The smallest absolute Gasteiger partial charge is 0.320 e. The topological polar surface area (TPSA) is 85.4 Å². The van der Waals surface area contributed by atoms with Gasteiger partial charge in [-0.2, -0.15) is 0 Å². The standard InChI is InChI=1S/C28H46N2O6/c1-26(2,3)34-23(31)19-29(18-22-14-11-10-12-15-22)16-13-17-30(20-24(32)35-27(4,5)6)21-25(33)36-28(7,8)9/h10-12,14-15H,13,16-21H2,1-9H3. The number of carbonyl (C=O) groups excluding carboxylic acids is 3. The number of hydrogen-bond donors (Lipinski definition) is 0. The lowest BCUT2D eigenvalue weighted by Crippen LogP contribution is -2.41. The fourth-order valence-corrected chi connectivity index (χ4v) is 3.46. The molecule has 8 heteroatoms. The molecule has 0 amide bonds. The fourth-order valence-electron chi connectivity index (χ4n) is 3.46. The molecule has 0 saturated heterocycles. The molecule has 0 bridgehead atoms. The maximum atomic E-state index is 12.5. The third kappa shape index (κ3) is 16.3. The second-order valence-corrected chi connectivity index (χ2v) is 12.0. The summed E-state index contributed by atoms with van der Waals surface area (Å²) < 4.78 is 16.4. The van der Waals surface area contributed by atoms with Crippen LogP contribution in [0.5, 0.6) is 0 Å². The van der Waals surface area contributed by atoms with Crippen LogP contribution in [0, 0.1) is 0 Å². The summed E-state index contributed by atoms with van der Waals surface area (Å²) in [6, 6.07) is 9.90. The van der Waals surface area contributed by atoms with Crippen molar-refractivity contribution in [1.29, 1.82) is 0 Å². The van der Waals surface area contributed by atoms with Gasteiger partial charge >= 0.3 is 17.9 Å². The zero-order valence-electron chi connectivity index (χ0n) is 23.7. The van der Waals surface area contributed by atoms with E-state index in [0.717, 1.165) is 5.56 Å². The molecule has 1 aromatic rings. The predicted octanol–water partition coefficient (Wildman–Crippen LogP) is 4.21. The number of rotatable bonds is 12. The number of esters is 3. The predicted molar refractivity (Wildman–Crippen MR) is 140 cm³/mol. The van der Waals surface area contributed by atoms with Crippen molar-refractivity contribution in [3.8, 4) is 0 Å². The van der Waals surface area contributed by atoms with Crippen LogP contribution in [-0.2, 0) is 35.1 Å². The second-order valence-electron chi connectivity index (χ2n) is 12.0. The van der Waals surface area contributed by atoms with Crippen LogP contribution in [0.2, 0.25) is 0 Å². The van der Waals surface area contributed by atoms with E-state index in [-0.39, 0.29) is 25.6 Å².